The van der Waals surface area contributed by atoms with Gasteiger partial charge in [-0.05, 0) is 60.5 Å². The molecule has 1 aliphatic rings. The van der Waals surface area contributed by atoms with E-state index in [1.807, 2.05) is 31.2 Å². The van der Waals surface area contributed by atoms with Gasteiger partial charge in [-0.1, -0.05) is 12.1 Å². The molecule has 1 aromatic heterocycles. The summed E-state index contributed by atoms with van der Waals surface area (Å²) in [6.07, 6.45) is 0.645. The molecule has 0 aliphatic carbocycles. The van der Waals surface area contributed by atoms with Crippen LogP contribution in [0.2, 0.25) is 0 Å². The monoisotopic (exact) mass is 387 g/mol. The van der Waals surface area contributed by atoms with Crippen molar-refractivity contribution in [2.24, 2.45) is 0 Å². The Labute approximate surface area is 170 Å². The Balaban J connectivity index is 1.40. The van der Waals surface area contributed by atoms with E-state index in [4.69, 9.17) is 5.26 Å². The zero-order chi connectivity index (χ0) is 20.2. The molecule has 6 heteroatoms. The molecule has 2 aromatic carbocycles. The third kappa shape index (κ3) is 4.35. The number of piperazine rings is 1. The smallest absolute Gasteiger partial charge is 0.151 e. The number of nitrogens with zero attached hydrogens (tertiary/aromatic N) is 5. The van der Waals surface area contributed by atoms with E-state index in [-0.39, 0.29) is 5.82 Å². The van der Waals surface area contributed by atoms with Crippen molar-refractivity contribution in [2.75, 3.05) is 36.0 Å². The highest BCUT2D eigenvalue weighted by atomic mass is 19.1. The second kappa shape index (κ2) is 8.27. The molecule has 0 amide bonds. The SMILES string of the molecule is Cc1cc(N2CCN(c3ccc(C#N)cc3)CC2)nnc1Cc1ccc(F)cc1. The number of aromatic nitrogens is 2. The van der Waals surface area contributed by atoms with Gasteiger partial charge in [-0.3, -0.25) is 0 Å². The van der Waals surface area contributed by atoms with Crippen molar-refractivity contribution in [3.63, 3.8) is 0 Å². The fraction of sp³-hybridized carbons (Fsp3) is 0.261. The van der Waals surface area contributed by atoms with Gasteiger partial charge in [-0.15, -0.1) is 5.10 Å². The van der Waals surface area contributed by atoms with Gasteiger partial charge < -0.3 is 9.80 Å². The number of nitriles is 1. The van der Waals surface area contributed by atoms with Gasteiger partial charge in [0, 0.05) is 38.3 Å². The van der Waals surface area contributed by atoms with Crippen LogP contribution in [0.5, 0.6) is 0 Å². The predicted octanol–water partition coefficient (Wildman–Crippen LogP) is 3.71. The van der Waals surface area contributed by atoms with E-state index in [1.165, 1.54) is 12.1 Å². The summed E-state index contributed by atoms with van der Waals surface area (Å²) < 4.78 is 13.1. The molecule has 0 unspecified atom stereocenters. The van der Waals surface area contributed by atoms with Gasteiger partial charge in [-0.25, -0.2) is 4.39 Å². The van der Waals surface area contributed by atoms with Crippen molar-refractivity contribution in [3.05, 3.63) is 82.8 Å². The fourth-order valence-corrected chi connectivity index (χ4v) is 3.56. The molecule has 2 heterocycles. The second-order valence-corrected chi connectivity index (χ2v) is 7.27. The molecule has 1 aliphatic heterocycles. The third-order valence-electron chi connectivity index (χ3n) is 5.32. The van der Waals surface area contributed by atoms with Crippen LogP contribution in [0.1, 0.15) is 22.4 Å². The maximum atomic E-state index is 13.1. The Hall–Kier alpha value is -3.46. The number of aryl methyl sites for hydroxylation is 1. The van der Waals surface area contributed by atoms with Gasteiger partial charge >= 0.3 is 0 Å². The molecule has 0 N–H and O–H groups in total. The first kappa shape index (κ1) is 18.9. The number of benzene rings is 2. The lowest BCUT2D eigenvalue weighted by Gasteiger charge is -2.36. The van der Waals surface area contributed by atoms with E-state index in [0.717, 1.165) is 54.5 Å². The number of hydrogen-bond acceptors (Lipinski definition) is 5. The van der Waals surface area contributed by atoms with Crippen LogP contribution in [0, 0.1) is 24.1 Å². The molecule has 0 radical (unpaired) electrons. The van der Waals surface area contributed by atoms with Crippen LogP contribution in [0.25, 0.3) is 0 Å². The van der Waals surface area contributed by atoms with E-state index in [9.17, 15) is 4.39 Å². The largest absolute Gasteiger partial charge is 0.368 e. The van der Waals surface area contributed by atoms with Crippen LogP contribution >= 0.6 is 0 Å². The summed E-state index contributed by atoms with van der Waals surface area (Å²) >= 11 is 0. The number of anilines is 2. The zero-order valence-corrected chi connectivity index (χ0v) is 16.3. The van der Waals surface area contributed by atoms with Crippen LogP contribution in [0.15, 0.2) is 54.6 Å². The molecule has 0 bridgehead atoms. The molecular formula is C23H22FN5. The van der Waals surface area contributed by atoms with Crippen molar-refractivity contribution in [1.82, 2.24) is 10.2 Å². The lowest BCUT2D eigenvalue weighted by Crippen LogP contribution is -2.47. The molecule has 1 saturated heterocycles. The van der Waals surface area contributed by atoms with Crippen molar-refractivity contribution in [3.8, 4) is 6.07 Å². The maximum absolute atomic E-state index is 13.1. The molecular weight excluding hydrogens is 365 g/mol. The van der Waals surface area contributed by atoms with Crippen LogP contribution in [0.4, 0.5) is 15.9 Å². The Kier molecular flexibility index (Phi) is 5.39. The molecule has 146 valence electrons. The number of halogens is 1. The fourth-order valence-electron chi connectivity index (χ4n) is 3.56. The summed E-state index contributed by atoms with van der Waals surface area (Å²) in [5.41, 5.74) is 4.84. The molecule has 0 spiro atoms. The Bertz CT molecular complexity index is 1020. The predicted molar refractivity (Wildman–Crippen MR) is 112 cm³/mol. The highest BCUT2D eigenvalue weighted by Crippen LogP contribution is 2.21. The minimum atomic E-state index is -0.230. The first-order valence-corrected chi connectivity index (χ1v) is 9.70. The number of rotatable bonds is 4. The van der Waals surface area contributed by atoms with Crippen molar-refractivity contribution < 1.29 is 4.39 Å². The first-order valence-electron chi connectivity index (χ1n) is 9.70. The van der Waals surface area contributed by atoms with E-state index in [2.05, 4.69) is 32.1 Å². The molecule has 4 rings (SSSR count). The summed E-state index contributed by atoms with van der Waals surface area (Å²) in [7, 11) is 0. The molecule has 0 saturated carbocycles. The van der Waals surface area contributed by atoms with Gasteiger partial charge in [0.05, 0.1) is 17.3 Å². The summed E-state index contributed by atoms with van der Waals surface area (Å²) in [5, 5.41) is 17.8. The Morgan fingerprint density at radius 1 is 0.931 bits per heavy atom. The van der Waals surface area contributed by atoms with Crippen molar-refractivity contribution in [2.45, 2.75) is 13.3 Å². The summed E-state index contributed by atoms with van der Waals surface area (Å²) in [4.78, 5) is 4.57. The standard InChI is InChI=1S/C23H22FN5/c1-17-14-23(27-26-22(17)15-18-2-6-20(24)7-3-18)29-12-10-28(11-13-29)21-8-4-19(16-25)5-9-21/h2-9,14H,10-13,15H2,1H3. The molecule has 3 aromatic rings. The average Bonchev–Trinajstić information content (AvgIpc) is 2.77. The summed E-state index contributed by atoms with van der Waals surface area (Å²) in [5.74, 6) is 0.664. The van der Waals surface area contributed by atoms with Crippen LogP contribution in [0.3, 0.4) is 0 Å². The topological polar surface area (TPSA) is 56.0 Å². The third-order valence-corrected chi connectivity index (χ3v) is 5.32. The second-order valence-electron chi connectivity index (χ2n) is 7.27. The van der Waals surface area contributed by atoms with Crippen molar-refractivity contribution >= 4 is 11.5 Å². The summed E-state index contributed by atoms with van der Waals surface area (Å²) in [6.45, 7) is 5.56. The van der Waals surface area contributed by atoms with Gasteiger partial charge in [0.2, 0.25) is 0 Å². The van der Waals surface area contributed by atoms with E-state index < -0.39 is 0 Å². The highest BCUT2D eigenvalue weighted by Gasteiger charge is 2.19. The Morgan fingerprint density at radius 3 is 2.21 bits per heavy atom. The molecule has 29 heavy (non-hydrogen) atoms. The van der Waals surface area contributed by atoms with E-state index in [1.54, 1.807) is 12.1 Å². The highest BCUT2D eigenvalue weighted by molar-refractivity contribution is 5.52. The quantitative estimate of drug-likeness (QED) is 0.683. The van der Waals surface area contributed by atoms with E-state index in [0.29, 0.717) is 12.0 Å². The zero-order valence-electron chi connectivity index (χ0n) is 16.3. The molecule has 5 nitrogen and oxygen atoms in total. The minimum absolute atomic E-state index is 0.230. The maximum Gasteiger partial charge on any atom is 0.151 e. The van der Waals surface area contributed by atoms with Crippen molar-refractivity contribution in [1.29, 1.82) is 5.26 Å². The Morgan fingerprint density at radius 2 is 1.59 bits per heavy atom. The normalized spacial score (nSPS) is 14.0. The lowest BCUT2D eigenvalue weighted by molar-refractivity contribution is 0.627. The molecule has 1 fully saturated rings. The van der Waals surface area contributed by atoms with Gasteiger partial charge in [-0.2, -0.15) is 10.4 Å². The van der Waals surface area contributed by atoms with Gasteiger partial charge in [0.15, 0.2) is 5.82 Å². The summed E-state index contributed by atoms with van der Waals surface area (Å²) in [6, 6.07) is 18.5. The average molecular weight is 387 g/mol. The van der Waals surface area contributed by atoms with Crippen LogP contribution in [-0.4, -0.2) is 36.4 Å². The van der Waals surface area contributed by atoms with Gasteiger partial charge in [0.25, 0.3) is 0 Å². The minimum Gasteiger partial charge on any atom is -0.368 e. The van der Waals surface area contributed by atoms with E-state index >= 15 is 0 Å². The first-order chi connectivity index (χ1) is 14.1. The lowest BCUT2D eigenvalue weighted by atomic mass is 10.1. The van der Waals surface area contributed by atoms with Gasteiger partial charge in [0.1, 0.15) is 5.82 Å². The van der Waals surface area contributed by atoms with Crippen LogP contribution < -0.4 is 9.80 Å². The number of hydrogen-bond donors (Lipinski definition) is 0. The van der Waals surface area contributed by atoms with Crippen LogP contribution in [-0.2, 0) is 6.42 Å². The molecule has 0 atom stereocenters.